The second kappa shape index (κ2) is 6.79. The molecule has 1 aromatic carbocycles. The van der Waals surface area contributed by atoms with Gasteiger partial charge in [-0.15, -0.1) is 0 Å². The van der Waals surface area contributed by atoms with Crippen LogP contribution < -0.4 is 10.1 Å². The van der Waals surface area contributed by atoms with E-state index in [0.29, 0.717) is 47.9 Å². The summed E-state index contributed by atoms with van der Waals surface area (Å²) < 4.78 is 5.71. The zero-order valence-corrected chi connectivity index (χ0v) is 12.5. The number of aliphatic hydroxyl groups is 1. The molecule has 1 atom stereocenters. The van der Waals surface area contributed by atoms with Crippen molar-refractivity contribution in [3.8, 4) is 11.8 Å². The molecule has 1 aromatic rings. The van der Waals surface area contributed by atoms with E-state index in [-0.39, 0.29) is 18.4 Å². The molecule has 1 aliphatic rings. The van der Waals surface area contributed by atoms with Gasteiger partial charge in [0.15, 0.2) is 0 Å². The Morgan fingerprint density at radius 3 is 2.90 bits per heavy atom. The van der Waals surface area contributed by atoms with Crippen LogP contribution in [0.1, 0.15) is 36.0 Å². The number of rotatable bonds is 5. The predicted molar refractivity (Wildman–Crippen MR) is 78.5 cm³/mol. The predicted octanol–water partition coefficient (Wildman–Crippen LogP) is 1.75. The second-order valence-corrected chi connectivity index (χ2v) is 5.27. The molecule has 0 saturated carbocycles. The first kappa shape index (κ1) is 15.6. The van der Waals surface area contributed by atoms with Gasteiger partial charge >= 0.3 is 0 Å². The van der Waals surface area contributed by atoms with Crippen molar-refractivity contribution in [1.29, 1.82) is 5.26 Å². The summed E-state index contributed by atoms with van der Waals surface area (Å²) in [5, 5.41) is 21.7. The van der Waals surface area contributed by atoms with E-state index in [1.165, 1.54) is 0 Å². The third-order valence-electron chi connectivity index (χ3n) is 3.51. The molecule has 0 spiro atoms. The maximum atomic E-state index is 11.5. The molecule has 0 bridgehead atoms. The van der Waals surface area contributed by atoms with Crippen LogP contribution in [0.2, 0.25) is 5.02 Å². The van der Waals surface area contributed by atoms with Gasteiger partial charge in [-0.1, -0.05) is 11.6 Å². The van der Waals surface area contributed by atoms with Gasteiger partial charge in [0.1, 0.15) is 11.8 Å². The zero-order chi connectivity index (χ0) is 15.4. The van der Waals surface area contributed by atoms with Crippen LogP contribution in [0.5, 0.6) is 5.75 Å². The van der Waals surface area contributed by atoms with E-state index >= 15 is 0 Å². The number of hydrogen-bond acceptors (Lipinski definition) is 4. The lowest BCUT2D eigenvalue weighted by atomic mass is 9.90. The average Bonchev–Trinajstić information content (AvgIpc) is 2.87. The fourth-order valence-corrected chi connectivity index (χ4v) is 2.91. The molecule has 112 valence electrons. The fraction of sp³-hybridized carbons (Fsp3) is 0.467. The lowest BCUT2D eigenvalue weighted by Crippen LogP contribution is -2.14. The number of carbonyl (C=O) groups excluding carboxylic acids is 1. The second-order valence-electron chi connectivity index (χ2n) is 4.86. The molecule has 1 amide bonds. The average molecular weight is 309 g/mol. The monoisotopic (exact) mass is 308 g/mol. The maximum absolute atomic E-state index is 11.5. The molecule has 5 nitrogen and oxygen atoms in total. The van der Waals surface area contributed by atoms with Gasteiger partial charge in [0.2, 0.25) is 5.91 Å². The molecule has 1 fully saturated rings. The first-order valence-electron chi connectivity index (χ1n) is 6.88. The molecular formula is C15H17ClN2O3. The van der Waals surface area contributed by atoms with Gasteiger partial charge in [0, 0.05) is 31.1 Å². The smallest absolute Gasteiger partial charge is 0.220 e. The number of hydrogen-bond donors (Lipinski definition) is 2. The number of aliphatic hydroxyl groups excluding tert-OH is 1. The van der Waals surface area contributed by atoms with Gasteiger partial charge in [-0.25, -0.2) is 0 Å². The molecule has 6 heteroatoms. The molecule has 0 radical (unpaired) electrons. The molecule has 1 unspecified atom stereocenters. The normalized spacial score (nSPS) is 17.4. The Labute approximate surface area is 128 Å². The molecule has 0 aliphatic carbocycles. The minimum Gasteiger partial charge on any atom is -0.493 e. The standard InChI is InChI=1S/C15H17ClN2O3/c1-2-21-15-9(3-4-19)5-12(16)11(7-17)14(15)10-6-13(20)18-8-10/h5,10,19H,2-4,6,8H2,1H3,(H,18,20). The van der Waals surface area contributed by atoms with Crippen LogP contribution in [0.15, 0.2) is 6.07 Å². The van der Waals surface area contributed by atoms with Crippen molar-refractivity contribution >= 4 is 17.5 Å². The van der Waals surface area contributed by atoms with E-state index in [9.17, 15) is 15.2 Å². The highest BCUT2D eigenvalue weighted by Crippen LogP contribution is 2.40. The Morgan fingerprint density at radius 1 is 1.62 bits per heavy atom. The molecule has 2 rings (SSSR count). The van der Waals surface area contributed by atoms with Crippen molar-refractivity contribution in [3.05, 3.63) is 27.8 Å². The zero-order valence-electron chi connectivity index (χ0n) is 11.8. The molecule has 2 N–H and O–H groups in total. The molecule has 1 heterocycles. The van der Waals surface area contributed by atoms with E-state index in [1.807, 2.05) is 6.92 Å². The van der Waals surface area contributed by atoms with Crippen LogP contribution in [0.4, 0.5) is 0 Å². The van der Waals surface area contributed by atoms with Gasteiger partial charge in [-0.2, -0.15) is 5.26 Å². The number of amides is 1. The summed E-state index contributed by atoms with van der Waals surface area (Å²) in [6, 6.07) is 3.77. The van der Waals surface area contributed by atoms with Gasteiger partial charge < -0.3 is 15.2 Å². The van der Waals surface area contributed by atoms with E-state index in [1.54, 1.807) is 6.07 Å². The number of nitrogens with zero attached hydrogens (tertiary/aromatic N) is 1. The largest absolute Gasteiger partial charge is 0.493 e. The molecule has 0 aromatic heterocycles. The maximum Gasteiger partial charge on any atom is 0.220 e. The third kappa shape index (κ3) is 3.12. The number of carbonyl (C=O) groups is 1. The molecule has 1 aliphatic heterocycles. The Hall–Kier alpha value is -1.77. The number of nitrogens with one attached hydrogen (secondary N) is 1. The van der Waals surface area contributed by atoms with Crippen LogP contribution in [-0.2, 0) is 11.2 Å². The van der Waals surface area contributed by atoms with Crippen molar-refractivity contribution < 1.29 is 14.6 Å². The van der Waals surface area contributed by atoms with Gasteiger partial charge in [-0.05, 0) is 25.0 Å². The van der Waals surface area contributed by atoms with Gasteiger partial charge in [0.05, 0.1) is 17.2 Å². The Balaban J connectivity index is 2.61. The Kier molecular flexibility index (Phi) is 5.05. The summed E-state index contributed by atoms with van der Waals surface area (Å²) in [5.74, 6) is 0.397. The van der Waals surface area contributed by atoms with Crippen molar-refractivity contribution in [2.45, 2.75) is 25.7 Å². The van der Waals surface area contributed by atoms with Crippen LogP contribution in [-0.4, -0.2) is 30.8 Å². The lowest BCUT2D eigenvalue weighted by Gasteiger charge is -2.20. The van der Waals surface area contributed by atoms with Gasteiger partial charge in [-0.3, -0.25) is 4.79 Å². The third-order valence-corrected chi connectivity index (χ3v) is 3.81. The van der Waals surface area contributed by atoms with Crippen LogP contribution in [0, 0.1) is 11.3 Å². The highest BCUT2D eigenvalue weighted by Gasteiger charge is 2.30. The van der Waals surface area contributed by atoms with Crippen molar-refractivity contribution in [3.63, 3.8) is 0 Å². The number of nitriles is 1. The van der Waals surface area contributed by atoms with Crippen molar-refractivity contribution in [1.82, 2.24) is 5.32 Å². The number of ether oxygens (including phenoxy) is 1. The first-order chi connectivity index (χ1) is 10.1. The molecule has 1 saturated heterocycles. The van der Waals surface area contributed by atoms with E-state index in [2.05, 4.69) is 11.4 Å². The van der Waals surface area contributed by atoms with Crippen LogP contribution >= 0.6 is 11.6 Å². The lowest BCUT2D eigenvalue weighted by molar-refractivity contribution is -0.119. The summed E-state index contributed by atoms with van der Waals surface area (Å²) in [6.07, 6.45) is 0.704. The number of benzene rings is 1. The quantitative estimate of drug-likeness (QED) is 0.868. The summed E-state index contributed by atoms with van der Waals surface area (Å²) in [5.41, 5.74) is 1.79. The highest BCUT2D eigenvalue weighted by atomic mass is 35.5. The fourth-order valence-electron chi connectivity index (χ4n) is 2.64. The van der Waals surface area contributed by atoms with E-state index < -0.39 is 0 Å². The highest BCUT2D eigenvalue weighted by molar-refractivity contribution is 6.32. The minimum absolute atomic E-state index is 0.0381. The first-order valence-corrected chi connectivity index (χ1v) is 7.25. The van der Waals surface area contributed by atoms with E-state index in [0.717, 1.165) is 5.56 Å². The molecule has 21 heavy (non-hydrogen) atoms. The van der Waals surface area contributed by atoms with Crippen molar-refractivity contribution in [2.75, 3.05) is 19.8 Å². The number of halogens is 1. The Morgan fingerprint density at radius 2 is 2.38 bits per heavy atom. The summed E-state index contributed by atoms with van der Waals surface area (Å²) >= 11 is 6.19. The summed E-state index contributed by atoms with van der Waals surface area (Å²) in [6.45, 7) is 2.72. The van der Waals surface area contributed by atoms with Crippen molar-refractivity contribution in [2.24, 2.45) is 0 Å². The van der Waals surface area contributed by atoms with Gasteiger partial charge in [0.25, 0.3) is 0 Å². The molecular weight excluding hydrogens is 292 g/mol. The van der Waals surface area contributed by atoms with Crippen LogP contribution in [0.3, 0.4) is 0 Å². The van der Waals surface area contributed by atoms with E-state index in [4.69, 9.17) is 16.3 Å². The minimum atomic E-state index is -0.134. The summed E-state index contributed by atoms with van der Waals surface area (Å²) in [7, 11) is 0. The van der Waals surface area contributed by atoms with Crippen LogP contribution in [0.25, 0.3) is 0 Å². The topological polar surface area (TPSA) is 82.3 Å². The summed E-state index contributed by atoms with van der Waals surface area (Å²) in [4.78, 5) is 11.5. The Bertz CT molecular complexity index is 596. The SMILES string of the molecule is CCOc1c(CCO)cc(Cl)c(C#N)c1C1CNC(=O)C1.